The zero-order valence-corrected chi connectivity index (χ0v) is 11.0. The van der Waals surface area contributed by atoms with Gasteiger partial charge in [0.05, 0.1) is 6.10 Å². The van der Waals surface area contributed by atoms with Crippen molar-refractivity contribution in [2.24, 2.45) is 5.73 Å². The second-order valence-electron chi connectivity index (χ2n) is 4.68. The van der Waals surface area contributed by atoms with Crippen molar-refractivity contribution in [1.29, 1.82) is 0 Å². The molecule has 1 fully saturated rings. The Morgan fingerprint density at radius 2 is 1.88 bits per heavy atom. The Balaban J connectivity index is 2.27. The van der Waals surface area contributed by atoms with Gasteiger partial charge in [0.2, 0.25) is 0 Å². The largest absolute Gasteiger partial charge is 0.380 e. The van der Waals surface area contributed by atoms with Crippen LogP contribution in [-0.4, -0.2) is 68.3 Å². The zero-order valence-electron chi connectivity index (χ0n) is 11.0. The lowest BCUT2D eigenvalue weighted by atomic mass is 10.1. The molecule has 1 saturated heterocycles. The minimum Gasteiger partial charge on any atom is -0.380 e. The van der Waals surface area contributed by atoms with Crippen LogP contribution in [0.2, 0.25) is 0 Å². The molecule has 1 aliphatic rings. The van der Waals surface area contributed by atoms with Crippen molar-refractivity contribution < 1.29 is 4.74 Å². The van der Waals surface area contributed by atoms with Crippen LogP contribution in [0.4, 0.5) is 0 Å². The van der Waals surface area contributed by atoms with Crippen LogP contribution in [0.15, 0.2) is 0 Å². The highest BCUT2D eigenvalue weighted by Gasteiger charge is 2.22. The summed E-state index contributed by atoms with van der Waals surface area (Å²) in [4.78, 5) is 5.00. The summed E-state index contributed by atoms with van der Waals surface area (Å²) in [6.07, 6.45) is 1.49. The maximum absolute atomic E-state index is 5.78. The van der Waals surface area contributed by atoms with E-state index >= 15 is 0 Å². The fourth-order valence-corrected chi connectivity index (χ4v) is 2.32. The third kappa shape index (κ3) is 4.01. The highest BCUT2D eigenvalue weighted by molar-refractivity contribution is 4.79. The summed E-state index contributed by atoms with van der Waals surface area (Å²) in [6, 6.07) is 0.571. The molecule has 0 saturated carbocycles. The summed E-state index contributed by atoms with van der Waals surface area (Å²) in [5.41, 5.74) is 5.78. The lowest BCUT2D eigenvalue weighted by Crippen LogP contribution is -2.53. The molecule has 1 heterocycles. The first kappa shape index (κ1) is 13.9. The van der Waals surface area contributed by atoms with Crippen LogP contribution in [-0.2, 0) is 4.74 Å². The van der Waals surface area contributed by atoms with E-state index < -0.39 is 0 Å². The molecule has 16 heavy (non-hydrogen) atoms. The second kappa shape index (κ2) is 7.22. The Bertz CT molecular complexity index is 177. The standard InChI is InChI=1S/C12H27N3O/c1-4-12(9-13)15-7-5-14(6-8-15)10-11(2)16-3/h11-12H,4-10,13H2,1-3H3. The lowest BCUT2D eigenvalue weighted by molar-refractivity contribution is 0.0421. The maximum Gasteiger partial charge on any atom is 0.0670 e. The number of hydrogen-bond acceptors (Lipinski definition) is 4. The predicted molar refractivity (Wildman–Crippen MR) is 67.6 cm³/mol. The molecule has 4 nitrogen and oxygen atoms in total. The van der Waals surface area contributed by atoms with Crippen molar-refractivity contribution >= 4 is 0 Å². The van der Waals surface area contributed by atoms with Gasteiger partial charge in [-0.25, -0.2) is 0 Å². The third-order valence-corrected chi connectivity index (χ3v) is 3.58. The van der Waals surface area contributed by atoms with Gasteiger partial charge >= 0.3 is 0 Å². The van der Waals surface area contributed by atoms with Crippen molar-refractivity contribution in [2.45, 2.75) is 32.4 Å². The van der Waals surface area contributed by atoms with Crippen LogP contribution in [0.1, 0.15) is 20.3 Å². The Morgan fingerprint density at radius 1 is 1.25 bits per heavy atom. The molecule has 2 unspecified atom stereocenters. The van der Waals surface area contributed by atoms with E-state index in [0.29, 0.717) is 12.1 Å². The molecular weight excluding hydrogens is 202 g/mol. The molecule has 0 aromatic heterocycles. The molecule has 0 amide bonds. The molecule has 1 aliphatic heterocycles. The molecule has 0 aliphatic carbocycles. The van der Waals surface area contributed by atoms with Gasteiger partial charge in [0.15, 0.2) is 0 Å². The SMILES string of the molecule is CCC(CN)N1CCN(CC(C)OC)CC1. The Kier molecular flexibility index (Phi) is 6.28. The molecular formula is C12H27N3O. The third-order valence-electron chi connectivity index (χ3n) is 3.58. The summed E-state index contributed by atoms with van der Waals surface area (Å²) in [5, 5.41) is 0. The number of rotatable bonds is 6. The molecule has 0 aromatic rings. The van der Waals surface area contributed by atoms with Crippen LogP contribution < -0.4 is 5.73 Å². The number of methoxy groups -OCH3 is 1. The Labute approximate surface area is 99.7 Å². The summed E-state index contributed by atoms with van der Waals surface area (Å²) >= 11 is 0. The zero-order chi connectivity index (χ0) is 12.0. The molecule has 1 rings (SSSR count). The van der Waals surface area contributed by atoms with Gasteiger partial charge in [0, 0.05) is 52.4 Å². The monoisotopic (exact) mass is 229 g/mol. The summed E-state index contributed by atoms with van der Waals surface area (Å²) in [5.74, 6) is 0. The number of hydrogen-bond donors (Lipinski definition) is 1. The molecule has 0 radical (unpaired) electrons. The molecule has 0 spiro atoms. The van der Waals surface area contributed by atoms with Crippen molar-refractivity contribution in [3.63, 3.8) is 0 Å². The van der Waals surface area contributed by atoms with Crippen LogP contribution in [0.5, 0.6) is 0 Å². The van der Waals surface area contributed by atoms with Gasteiger partial charge in [0.1, 0.15) is 0 Å². The summed E-state index contributed by atoms with van der Waals surface area (Å²) in [6.45, 7) is 10.7. The number of nitrogens with two attached hydrogens (primary N) is 1. The van der Waals surface area contributed by atoms with Gasteiger partial charge in [0.25, 0.3) is 0 Å². The summed E-state index contributed by atoms with van der Waals surface area (Å²) < 4.78 is 5.29. The molecule has 0 aromatic carbocycles. The Morgan fingerprint density at radius 3 is 2.31 bits per heavy atom. The number of nitrogens with zero attached hydrogens (tertiary/aromatic N) is 2. The smallest absolute Gasteiger partial charge is 0.0670 e. The maximum atomic E-state index is 5.78. The van der Waals surface area contributed by atoms with Gasteiger partial charge in [-0.05, 0) is 13.3 Å². The lowest BCUT2D eigenvalue weighted by Gasteiger charge is -2.39. The molecule has 0 bridgehead atoms. The minimum atomic E-state index is 0.336. The van der Waals surface area contributed by atoms with Crippen LogP contribution >= 0.6 is 0 Å². The quantitative estimate of drug-likeness (QED) is 0.715. The van der Waals surface area contributed by atoms with E-state index in [1.807, 2.05) is 0 Å². The van der Waals surface area contributed by atoms with Crippen molar-refractivity contribution in [1.82, 2.24) is 9.80 Å². The average Bonchev–Trinajstić information content (AvgIpc) is 2.32. The van der Waals surface area contributed by atoms with E-state index in [-0.39, 0.29) is 0 Å². The normalized spacial score (nSPS) is 23.2. The van der Waals surface area contributed by atoms with Crippen LogP contribution in [0, 0.1) is 0 Å². The van der Waals surface area contributed by atoms with Crippen molar-refractivity contribution in [2.75, 3.05) is 46.4 Å². The van der Waals surface area contributed by atoms with Crippen LogP contribution in [0.3, 0.4) is 0 Å². The fourth-order valence-electron chi connectivity index (χ4n) is 2.32. The number of piperazine rings is 1. The first-order valence-electron chi connectivity index (χ1n) is 6.40. The van der Waals surface area contributed by atoms with E-state index in [9.17, 15) is 0 Å². The highest BCUT2D eigenvalue weighted by Crippen LogP contribution is 2.09. The van der Waals surface area contributed by atoms with Crippen molar-refractivity contribution in [3.8, 4) is 0 Å². The van der Waals surface area contributed by atoms with E-state index in [1.165, 1.54) is 0 Å². The molecule has 2 N–H and O–H groups in total. The minimum absolute atomic E-state index is 0.336. The predicted octanol–water partition coefficient (Wildman–Crippen LogP) is 0.376. The van der Waals surface area contributed by atoms with Gasteiger partial charge in [-0.15, -0.1) is 0 Å². The van der Waals surface area contributed by atoms with Gasteiger partial charge < -0.3 is 10.5 Å². The topological polar surface area (TPSA) is 41.7 Å². The van der Waals surface area contributed by atoms with Gasteiger partial charge in [-0.2, -0.15) is 0 Å². The van der Waals surface area contributed by atoms with Crippen molar-refractivity contribution in [3.05, 3.63) is 0 Å². The first-order valence-corrected chi connectivity index (χ1v) is 6.40. The van der Waals surface area contributed by atoms with Gasteiger partial charge in [-0.1, -0.05) is 6.92 Å². The number of ether oxygens (including phenoxy) is 1. The molecule has 2 atom stereocenters. The van der Waals surface area contributed by atoms with E-state index in [4.69, 9.17) is 10.5 Å². The van der Waals surface area contributed by atoms with Gasteiger partial charge in [-0.3, -0.25) is 9.80 Å². The highest BCUT2D eigenvalue weighted by atomic mass is 16.5. The van der Waals surface area contributed by atoms with Crippen LogP contribution in [0.25, 0.3) is 0 Å². The fraction of sp³-hybridized carbons (Fsp3) is 1.00. The molecule has 4 heteroatoms. The van der Waals surface area contributed by atoms with E-state index in [1.54, 1.807) is 7.11 Å². The average molecular weight is 229 g/mol. The Hall–Kier alpha value is -0.160. The summed E-state index contributed by atoms with van der Waals surface area (Å²) in [7, 11) is 1.78. The molecule has 96 valence electrons. The first-order chi connectivity index (χ1) is 7.71. The van der Waals surface area contributed by atoms with E-state index in [2.05, 4.69) is 23.6 Å². The second-order valence-corrected chi connectivity index (χ2v) is 4.68. The van der Waals surface area contributed by atoms with E-state index in [0.717, 1.165) is 45.7 Å².